The average Bonchev–Trinajstić information content (AvgIpc) is 2.77. The Balaban J connectivity index is 2.23. The predicted molar refractivity (Wildman–Crippen MR) is 69.5 cm³/mol. The number of nitrogens with one attached hydrogen (secondary N) is 1. The van der Waals surface area contributed by atoms with Gasteiger partial charge in [0, 0.05) is 25.6 Å². The number of likely N-dealkylation sites (N-methyl/N-ethyl adjacent to an activating group) is 1. The van der Waals surface area contributed by atoms with Gasteiger partial charge in [0.1, 0.15) is 12.3 Å². The molecule has 1 aliphatic heterocycles. The quantitative estimate of drug-likeness (QED) is 0.794. The van der Waals surface area contributed by atoms with Crippen molar-refractivity contribution < 1.29 is 14.4 Å². The summed E-state index contributed by atoms with van der Waals surface area (Å²) < 4.78 is 0. The van der Waals surface area contributed by atoms with Gasteiger partial charge in [0.05, 0.1) is 0 Å². The van der Waals surface area contributed by atoms with Gasteiger partial charge in [-0.25, -0.2) is 0 Å². The van der Waals surface area contributed by atoms with Crippen molar-refractivity contribution in [2.45, 2.75) is 25.4 Å². The normalized spacial score (nSPS) is 15.0. The molecule has 1 atom stereocenters. The van der Waals surface area contributed by atoms with Crippen LogP contribution in [0.1, 0.15) is 28.8 Å². The van der Waals surface area contributed by atoms with E-state index >= 15 is 0 Å². The molecule has 0 radical (unpaired) electrons. The lowest BCUT2D eigenvalue weighted by Crippen LogP contribution is -2.46. The van der Waals surface area contributed by atoms with Crippen molar-refractivity contribution in [3.63, 3.8) is 0 Å². The number of aldehydes is 1. The van der Waals surface area contributed by atoms with Gasteiger partial charge < -0.3 is 15.0 Å². The fourth-order valence-electron chi connectivity index (χ4n) is 2.35. The van der Waals surface area contributed by atoms with Gasteiger partial charge in [-0.3, -0.25) is 9.59 Å². The van der Waals surface area contributed by atoms with E-state index in [2.05, 4.69) is 5.32 Å². The Morgan fingerprint density at radius 1 is 1.47 bits per heavy atom. The number of nitrogens with zero attached hydrogens (tertiary/aromatic N) is 1. The van der Waals surface area contributed by atoms with E-state index in [0.717, 1.165) is 11.8 Å². The average molecular weight is 260 g/mol. The zero-order valence-corrected chi connectivity index (χ0v) is 10.8. The van der Waals surface area contributed by atoms with Crippen molar-refractivity contribution in [2.75, 3.05) is 7.05 Å². The Labute approximate surface area is 111 Å². The molecule has 1 aromatic carbocycles. The standard InChI is InChI=1S/C14H16N2O3/c1-15-13(18)12(7-4-8-17)16-9-10-5-2-3-6-11(10)14(16)19/h2-3,5-6,8,12H,4,7,9H2,1H3,(H,15,18). The van der Waals surface area contributed by atoms with Gasteiger partial charge in [0.2, 0.25) is 5.91 Å². The molecule has 0 saturated carbocycles. The van der Waals surface area contributed by atoms with E-state index in [4.69, 9.17) is 0 Å². The molecular weight excluding hydrogens is 244 g/mol. The third-order valence-corrected chi connectivity index (χ3v) is 3.33. The summed E-state index contributed by atoms with van der Waals surface area (Å²) in [4.78, 5) is 36.2. The minimum absolute atomic E-state index is 0.143. The van der Waals surface area contributed by atoms with Gasteiger partial charge in [-0.2, -0.15) is 0 Å². The largest absolute Gasteiger partial charge is 0.357 e. The van der Waals surface area contributed by atoms with Crippen molar-refractivity contribution in [1.82, 2.24) is 10.2 Å². The molecule has 1 heterocycles. The van der Waals surface area contributed by atoms with Crippen molar-refractivity contribution in [3.8, 4) is 0 Å². The van der Waals surface area contributed by atoms with Crippen LogP contribution in [0.4, 0.5) is 0 Å². The summed E-state index contributed by atoms with van der Waals surface area (Å²) in [6, 6.07) is 6.73. The maximum atomic E-state index is 12.3. The van der Waals surface area contributed by atoms with Crippen LogP contribution in [0.3, 0.4) is 0 Å². The van der Waals surface area contributed by atoms with Gasteiger partial charge >= 0.3 is 0 Å². The van der Waals surface area contributed by atoms with E-state index in [-0.39, 0.29) is 18.2 Å². The molecule has 1 N–H and O–H groups in total. The van der Waals surface area contributed by atoms with Gasteiger partial charge in [0.15, 0.2) is 0 Å². The number of hydrogen-bond donors (Lipinski definition) is 1. The fraction of sp³-hybridized carbons (Fsp3) is 0.357. The third-order valence-electron chi connectivity index (χ3n) is 3.33. The Morgan fingerprint density at radius 3 is 2.84 bits per heavy atom. The highest BCUT2D eigenvalue weighted by Gasteiger charge is 2.35. The molecule has 2 rings (SSSR count). The highest BCUT2D eigenvalue weighted by Crippen LogP contribution is 2.25. The molecule has 0 fully saturated rings. The second-order valence-corrected chi connectivity index (χ2v) is 4.46. The van der Waals surface area contributed by atoms with E-state index in [1.165, 1.54) is 11.9 Å². The molecule has 2 amide bonds. The topological polar surface area (TPSA) is 66.5 Å². The number of carbonyl (C=O) groups is 3. The summed E-state index contributed by atoms with van der Waals surface area (Å²) in [6.07, 6.45) is 1.38. The first-order chi connectivity index (χ1) is 9.19. The Hall–Kier alpha value is -2.17. The zero-order valence-electron chi connectivity index (χ0n) is 10.8. The first-order valence-corrected chi connectivity index (χ1v) is 6.23. The summed E-state index contributed by atoms with van der Waals surface area (Å²) in [5.74, 6) is -0.377. The van der Waals surface area contributed by atoms with Gasteiger partial charge in [-0.15, -0.1) is 0 Å². The lowest BCUT2D eigenvalue weighted by atomic mass is 10.1. The van der Waals surface area contributed by atoms with Crippen LogP contribution >= 0.6 is 0 Å². The summed E-state index contributed by atoms with van der Waals surface area (Å²) in [5.41, 5.74) is 1.56. The molecule has 1 aromatic rings. The Kier molecular flexibility index (Phi) is 3.94. The Bertz CT molecular complexity index is 513. The van der Waals surface area contributed by atoms with Gasteiger partial charge in [-0.05, 0) is 18.1 Å². The summed E-state index contributed by atoms with van der Waals surface area (Å²) in [7, 11) is 1.53. The molecule has 5 heteroatoms. The van der Waals surface area contributed by atoms with E-state index in [1.54, 1.807) is 12.1 Å². The van der Waals surface area contributed by atoms with Crippen molar-refractivity contribution >= 4 is 18.1 Å². The highest BCUT2D eigenvalue weighted by molar-refractivity contribution is 6.01. The predicted octanol–water partition coefficient (Wildman–Crippen LogP) is 0.736. The smallest absolute Gasteiger partial charge is 0.255 e. The van der Waals surface area contributed by atoms with Gasteiger partial charge in [-0.1, -0.05) is 18.2 Å². The lowest BCUT2D eigenvalue weighted by Gasteiger charge is -2.25. The molecule has 1 aliphatic rings. The minimum atomic E-state index is -0.588. The van der Waals surface area contributed by atoms with Crippen LogP contribution in [0.2, 0.25) is 0 Å². The van der Waals surface area contributed by atoms with E-state index in [0.29, 0.717) is 18.5 Å². The van der Waals surface area contributed by atoms with Crippen LogP contribution in [0, 0.1) is 0 Å². The molecule has 100 valence electrons. The van der Waals surface area contributed by atoms with E-state index < -0.39 is 6.04 Å². The number of fused-ring (bicyclic) bond motifs is 1. The van der Waals surface area contributed by atoms with Crippen molar-refractivity contribution in [3.05, 3.63) is 35.4 Å². The van der Waals surface area contributed by atoms with E-state index in [1.807, 2.05) is 12.1 Å². The fourth-order valence-corrected chi connectivity index (χ4v) is 2.35. The first-order valence-electron chi connectivity index (χ1n) is 6.23. The van der Waals surface area contributed by atoms with Crippen molar-refractivity contribution in [2.24, 2.45) is 0 Å². The molecular formula is C14H16N2O3. The molecule has 0 bridgehead atoms. The maximum absolute atomic E-state index is 12.3. The van der Waals surface area contributed by atoms with Crippen LogP contribution in [0.5, 0.6) is 0 Å². The summed E-state index contributed by atoms with van der Waals surface area (Å²) in [6.45, 7) is 0.423. The van der Waals surface area contributed by atoms with E-state index in [9.17, 15) is 14.4 Å². The SMILES string of the molecule is CNC(=O)C(CCC=O)N1Cc2ccccc2C1=O. The van der Waals surface area contributed by atoms with Crippen LogP contribution < -0.4 is 5.32 Å². The van der Waals surface area contributed by atoms with Crippen LogP contribution in [0.15, 0.2) is 24.3 Å². The summed E-state index contributed by atoms with van der Waals surface area (Å²) >= 11 is 0. The molecule has 0 aromatic heterocycles. The molecule has 0 saturated heterocycles. The maximum Gasteiger partial charge on any atom is 0.255 e. The molecule has 19 heavy (non-hydrogen) atoms. The van der Waals surface area contributed by atoms with Crippen molar-refractivity contribution in [1.29, 1.82) is 0 Å². The third kappa shape index (κ3) is 2.50. The minimum Gasteiger partial charge on any atom is -0.357 e. The molecule has 5 nitrogen and oxygen atoms in total. The number of benzene rings is 1. The number of hydrogen-bond acceptors (Lipinski definition) is 3. The highest BCUT2D eigenvalue weighted by atomic mass is 16.2. The lowest BCUT2D eigenvalue weighted by molar-refractivity contribution is -0.125. The first kappa shape index (κ1) is 13.3. The van der Waals surface area contributed by atoms with Crippen LogP contribution in [-0.2, 0) is 16.1 Å². The van der Waals surface area contributed by atoms with Crippen LogP contribution in [-0.4, -0.2) is 36.1 Å². The molecule has 0 spiro atoms. The second kappa shape index (κ2) is 5.65. The monoisotopic (exact) mass is 260 g/mol. The summed E-state index contributed by atoms with van der Waals surface area (Å²) in [5, 5.41) is 2.55. The second-order valence-electron chi connectivity index (χ2n) is 4.46. The number of rotatable bonds is 5. The van der Waals surface area contributed by atoms with Crippen LogP contribution in [0.25, 0.3) is 0 Å². The zero-order chi connectivity index (χ0) is 13.8. The number of carbonyl (C=O) groups excluding carboxylic acids is 3. The van der Waals surface area contributed by atoms with Gasteiger partial charge in [0.25, 0.3) is 5.91 Å². The molecule has 1 unspecified atom stereocenters. The Morgan fingerprint density at radius 2 is 2.21 bits per heavy atom. The number of amides is 2. The molecule has 0 aliphatic carbocycles.